The Balaban J connectivity index is 2.12. The minimum Gasteiger partial charge on any atom is -0.490 e. The fourth-order valence-electron chi connectivity index (χ4n) is 2.78. The second-order valence-electron chi connectivity index (χ2n) is 5.38. The lowest BCUT2D eigenvalue weighted by molar-refractivity contribution is 0.0988. The minimum absolute atomic E-state index is 0.155. The van der Waals surface area contributed by atoms with Gasteiger partial charge in [0, 0.05) is 0 Å². The van der Waals surface area contributed by atoms with Crippen molar-refractivity contribution in [2.75, 3.05) is 0 Å². The van der Waals surface area contributed by atoms with E-state index >= 15 is 0 Å². The Morgan fingerprint density at radius 2 is 2.21 bits per heavy atom. The van der Waals surface area contributed by atoms with Gasteiger partial charge in [0.05, 0.1) is 11.7 Å². The van der Waals surface area contributed by atoms with Gasteiger partial charge in [-0.1, -0.05) is 19.8 Å². The number of halogens is 1. The summed E-state index contributed by atoms with van der Waals surface area (Å²) in [4.78, 5) is 11.5. The molecule has 0 aromatic heterocycles. The third-order valence-electron chi connectivity index (χ3n) is 3.93. The number of hydrogen-bond donors (Lipinski definition) is 0. The molecule has 104 valence electrons. The van der Waals surface area contributed by atoms with Crippen molar-refractivity contribution >= 4 is 5.78 Å². The molecule has 0 spiro atoms. The first-order chi connectivity index (χ1) is 9.10. The van der Waals surface area contributed by atoms with Crippen LogP contribution in [0.2, 0.25) is 0 Å². The van der Waals surface area contributed by atoms with E-state index in [1.807, 2.05) is 0 Å². The van der Waals surface area contributed by atoms with Crippen LogP contribution in [0.5, 0.6) is 5.75 Å². The summed E-state index contributed by atoms with van der Waals surface area (Å²) in [6.07, 6.45) is 5.81. The zero-order valence-corrected chi connectivity index (χ0v) is 11.6. The summed E-state index contributed by atoms with van der Waals surface area (Å²) in [7, 11) is 0. The molecule has 0 heterocycles. The van der Waals surface area contributed by atoms with Gasteiger partial charge >= 0.3 is 0 Å². The maximum absolute atomic E-state index is 13.2. The highest BCUT2D eigenvalue weighted by Gasteiger charge is 2.23. The molecule has 2 rings (SSSR count). The van der Waals surface area contributed by atoms with Gasteiger partial charge in [-0.15, -0.1) is 0 Å². The number of ether oxygens (including phenoxy) is 1. The summed E-state index contributed by atoms with van der Waals surface area (Å²) in [5, 5.41) is 0. The summed E-state index contributed by atoms with van der Waals surface area (Å²) in [5.41, 5.74) is 0.346. The molecule has 0 radical (unpaired) electrons. The molecule has 0 amide bonds. The Morgan fingerprint density at radius 1 is 1.42 bits per heavy atom. The van der Waals surface area contributed by atoms with Crippen molar-refractivity contribution in [3.8, 4) is 5.75 Å². The maximum atomic E-state index is 13.2. The normalized spacial score (nSPS) is 23.1. The van der Waals surface area contributed by atoms with E-state index in [4.69, 9.17) is 4.74 Å². The van der Waals surface area contributed by atoms with Gasteiger partial charge in [0.2, 0.25) is 0 Å². The van der Waals surface area contributed by atoms with Gasteiger partial charge in [-0.2, -0.15) is 0 Å². The molecule has 1 aliphatic rings. The average molecular weight is 264 g/mol. The van der Waals surface area contributed by atoms with Crippen LogP contribution in [0.15, 0.2) is 18.2 Å². The Kier molecular flexibility index (Phi) is 4.56. The molecule has 1 aromatic rings. The van der Waals surface area contributed by atoms with Gasteiger partial charge in [-0.25, -0.2) is 4.39 Å². The number of carbonyl (C=O) groups is 1. The molecule has 19 heavy (non-hydrogen) atoms. The lowest BCUT2D eigenvalue weighted by atomic mass is 9.85. The van der Waals surface area contributed by atoms with Crippen molar-refractivity contribution in [1.82, 2.24) is 0 Å². The fraction of sp³-hybridized carbons (Fsp3) is 0.562. The van der Waals surface area contributed by atoms with E-state index in [1.54, 1.807) is 6.07 Å². The molecule has 0 bridgehead atoms. The van der Waals surface area contributed by atoms with E-state index < -0.39 is 5.82 Å². The number of ketones is 1. The summed E-state index contributed by atoms with van der Waals surface area (Å²) in [6.45, 7) is 3.64. The lowest BCUT2D eigenvalue weighted by Crippen LogP contribution is -2.25. The van der Waals surface area contributed by atoms with Crippen molar-refractivity contribution in [2.45, 2.75) is 52.1 Å². The van der Waals surface area contributed by atoms with E-state index in [9.17, 15) is 9.18 Å². The molecule has 0 saturated heterocycles. The molecule has 1 fully saturated rings. The smallest absolute Gasteiger partial charge is 0.163 e. The van der Waals surface area contributed by atoms with Gasteiger partial charge in [0.15, 0.2) is 5.78 Å². The quantitative estimate of drug-likeness (QED) is 0.754. The molecule has 0 aliphatic heterocycles. The van der Waals surface area contributed by atoms with Crippen LogP contribution in [0.25, 0.3) is 0 Å². The van der Waals surface area contributed by atoms with Gasteiger partial charge < -0.3 is 4.74 Å². The number of carbonyl (C=O) groups excluding carboxylic acids is 1. The fourth-order valence-corrected chi connectivity index (χ4v) is 2.78. The van der Waals surface area contributed by atoms with Crippen LogP contribution >= 0.6 is 0 Å². The topological polar surface area (TPSA) is 26.3 Å². The van der Waals surface area contributed by atoms with Gasteiger partial charge in [0.25, 0.3) is 0 Å². The molecule has 2 atom stereocenters. The van der Waals surface area contributed by atoms with Gasteiger partial charge in [-0.05, 0) is 50.3 Å². The van der Waals surface area contributed by atoms with E-state index in [2.05, 4.69) is 6.92 Å². The zero-order chi connectivity index (χ0) is 13.8. The Labute approximate surface area is 114 Å². The second-order valence-corrected chi connectivity index (χ2v) is 5.38. The van der Waals surface area contributed by atoms with Crippen molar-refractivity contribution < 1.29 is 13.9 Å². The highest BCUT2D eigenvalue weighted by atomic mass is 19.1. The van der Waals surface area contributed by atoms with Crippen LogP contribution in [0, 0.1) is 11.7 Å². The lowest BCUT2D eigenvalue weighted by Gasteiger charge is -2.29. The standard InChI is InChI=1S/C16H21FO2/c1-3-12-5-4-6-14(9-12)19-16-8-7-13(17)10-15(16)11(2)18/h7-8,10,12,14H,3-6,9H2,1-2H3. The molecule has 3 heteroatoms. The van der Waals surface area contributed by atoms with E-state index in [0.29, 0.717) is 17.2 Å². The van der Waals surface area contributed by atoms with Crippen molar-refractivity contribution in [2.24, 2.45) is 5.92 Å². The first-order valence-corrected chi connectivity index (χ1v) is 7.07. The third-order valence-corrected chi connectivity index (χ3v) is 3.93. The maximum Gasteiger partial charge on any atom is 0.163 e. The average Bonchev–Trinajstić information content (AvgIpc) is 2.41. The van der Waals surface area contributed by atoms with Gasteiger partial charge in [0.1, 0.15) is 11.6 Å². The summed E-state index contributed by atoms with van der Waals surface area (Å²) in [5.74, 6) is 0.681. The van der Waals surface area contributed by atoms with Crippen LogP contribution in [0.1, 0.15) is 56.3 Å². The van der Waals surface area contributed by atoms with E-state index in [-0.39, 0.29) is 11.9 Å². The van der Waals surface area contributed by atoms with Crippen molar-refractivity contribution in [3.63, 3.8) is 0 Å². The van der Waals surface area contributed by atoms with Crippen LogP contribution in [-0.2, 0) is 0 Å². The van der Waals surface area contributed by atoms with E-state index in [0.717, 1.165) is 12.8 Å². The number of hydrogen-bond acceptors (Lipinski definition) is 2. The first kappa shape index (κ1) is 14.0. The van der Waals surface area contributed by atoms with Crippen LogP contribution in [0.4, 0.5) is 4.39 Å². The molecule has 2 nitrogen and oxygen atoms in total. The van der Waals surface area contributed by atoms with Crippen molar-refractivity contribution in [1.29, 1.82) is 0 Å². The van der Waals surface area contributed by atoms with E-state index in [1.165, 1.54) is 38.3 Å². The third kappa shape index (κ3) is 3.55. The Morgan fingerprint density at radius 3 is 2.89 bits per heavy atom. The Hall–Kier alpha value is -1.38. The molecular weight excluding hydrogens is 243 g/mol. The summed E-state index contributed by atoms with van der Waals surface area (Å²) >= 11 is 0. The summed E-state index contributed by atoms with van der Waals surface area (Å²) < 4.78 is 19.1. The molecule has 1 aliphatic carbocycles. The monoisotopic (exact) mass is 264 g/mol. The number of rotatable bonds is 4. The highest BCUT2D eigenvalue weighted by molar-refractivity contribution is 5.96. The van der Waals surface area contributed by atoms with Crippen LogP contribution in [0.3, 0.4) is 0 Å². The van der Waals surface area contributed by atoms with Crippen molar-refractivity contribution in [3.05, 3.63) is 29.6 Å². The molecule has 0 N–H and O–H groups in total. The second kappa shape index (κ2) is 6.18. The first-order valence-electron chi connectivity index (χ1n) is 7.07. The van der Waals surface area contributed by atoms with Gasteiger partial charge in [-0.3, -0.25) is 4.79 Å². The number of benzene rings is 1. The van der Waals surface area contributed by atoms with Crippen LogP contribution < -0.4 is 4.74 Å². The molecule has 2 unspecified atom stereocenters. The highest BCUT2D eigenvalue weighted by Crippen LogP contribution is 2.31. The molecular formula is C16H21FO2. The predicted molar refractivity (Wildman–Crippen MR) is 73.1 cm³/mol. The number of Topliss-reactive ketones (excluding diaryl/α,β-unsaturated/α-hetero) is 1. The predicted octanol–water partition coefficient (Wildman–Crippen LogP) is 4.38. The summed E-state index contributed by atoms with van der Waals surface area (Å²) in [6, 6.07) is 4.18. The zero-order valence-electron chi connectivity index (χ0n) is 11.6. The van der Waals surface area contributed by atoms with Crippen LogP contribution in [-0.4, -0.2) is 11.9 Å². The molecule has 1 aromatic carbocycles. The SMILES string of the molecule is CCC1CCCC(Oc2ccc(F)cc2C(C)=O)C1. The minimum atomic E-state index is -0.396. The Bertz CT molecular complexity index is 456. The largest absolute Gasteiger partial charge is 0.490 e. The molecule has 1 saturated carbocycles.